The fraction of sp³-hybridized carbons (Fsp3) is 0.438. The summed E-state index contributed by atoms with van der Waals surface area (Å²) in [6.07, 6.45) is 4.55. The molecule has 1 fully saturated rings. The van der Waals surface area contributed by atoms with E-state index in [1.807, 2.05) is 24.8 Å². The third-order valence-corrected chi connectivity index (χ3v) is 5.55. The second kappa shape index (κ2) is 6.44. The molecule has 0 amide bonds. The summed E-state index contributed by atoms with van der Waals surface area (Å²) in [6.45, 7) is 2.21. The summed E-state index contributed by atoms with van der Waals surface area (Å²) in [5.74, 6) is 2.72. The van der Waals surface area contributed by atoms with Gasteiger partial charge in [-0.2, -0.15) is 11.8 Å². The molecular formula is C16H18BrNO2S. The highest BCUT2D eigenvalue weighted by molar-refractivity contribution is 9.10. The van der Waals surface area contributed by atoms with E-state index < -0.39 is 0 Å². The normalized spacial score (nSPS) is 18.9. The molecular weight excluding hydrogens is 350 g/mol. The number of thioether (sulfide) groups is 1. The van der Waals surface area contributed by atoms with E-state index in [0.717, 1.165) is 21.1 Å². The van der Waals surface area contributed by atoms with Crippen molar-refractivity contribution in [3.05, 3.63) is 33.9 Å². The fourth-order valence-electron chi connectivity index (χ4n) is 2.91. The first-order chi connectivity index (χ1) is 10.2. The smallest absolute Gasteiger partial charge is 0.340 e. The lowest BCUT2D eigenvalue weighted by atomic mass is 9.95. The number of aromatic amines is 1. The minimum atomic E-state index is -0.268. The number of H-pyrrole nitrogens is 1. The van der Waals surface area contributed by atoms with Gasteiger partial charge >= 0.3 is 5.97 Å². The van der Waals surface area contributed by atoms with Crippen LogP contribution in [-0.4, -0.2) is 29.1 Å². The minimum absolute atomic E-state index is 0.268. The van der Waals surface area contributed by atoms with Gasteiger partial charge < -0.3 is 9.72 Å². The Bertz CT molecular complexity index is 662. The molecule has 112 valence electrons. The Kier molecular flexibility index (Phi) is 4.60. The van der Waals surface area contributed by atoms with E-state index in [2.05, 4.69) is 33.2 Å². The zero-order valence-electron chi connectivity index (χ0n) is 11.9. The van der Waals surface area contributed by atoms with Crippen LogP contribution < -0.4 is 0 Å². The molecule has 1 saturated heterocycles. The van der Waals surface area contributed by atoms with Gasteiger partial charge in [-0.15, -0.1) is 0 Å². The molecule has 5 heteroatoms. The maximum Gasteiger partial charge on any atom is 0.340 e. The molecule has 1 unspecified atom stereocenters. The van der Waals surface area contributed by atoms with Gasteiger partial charge in [0.1, 0.15) is 0 Å². The zero-order valence-corrected chi connectivity index (χ0v) is 14.4. The number of esters is 1. The van der Waals surface area contributed by atoms with E-state index in [9.17, 15) is 4.79 Å². The summed E-state index contributed by atoms with van der Waals surface area (Å²) in [5, 5.41) is 1.14. The largest absolute Gasteiger partial charge is 0.462 e. The van der Waals surface area contributed by atoms with E-state index in [4.69, 9.17) is 4.74 Å². The maximum atomic E-state index is 12.1. The van der Waals surface area contributed by atoms with Crippen molar-refractivity contribution in [2.75, 3.05) is 18.1 Å². The summed E-state index contributed by atoms with van der Waals surface area (Å²) in [6, 6.07) is 3.93. The van der Waals surface area contributed by atoms with Gasteiger partial charge in [0.15, 0.2) is 0 Å². The van der Waals surface area contributed by atoms with Crippen molar-refractivity contribution >= 4 is 44.6 Å². The van der Waals surface area contributed by atoms with Crippen LogP contribution in [0.4, 0.5) is 0 Å². The van der Waals surface area contributed by atoms with Crippen molar-refractivity contribution in [3.63, 3.8) is 0 Å². The second-order valence-corrected chi connectivity index (χ2v) is 7.32. The first-order valence-electron chi connectivity index (χ1n) is 7.26. The Labute approximate surface area is 137 Å². The third-order valence-electron chi connectivity index (χ3n) is 3.88. The van der Waals surface area contributed by atoms with Crippen LogP contribution in [0.25, 0.3) is 10.9 Å². The minimum Gasteiger partial charge on any atom is -0.462 e. The highest BCUT2D eigenvalue weighted by atomic mass is 79.9. The van der Waals surface area contributed by atoms with Crippen LogP contribution >= 0.6 is 27.7 Å². The number of ether oxygens (including phenoxy) is 1. The molecule has 1 atom stereocenters. The molecule has 1 N–H and O–H groups in total. The lowest BCUT2D eigenvalue weighted by Crippen LogP contribution is -2.08. The number of carbonyl (C=O) groups excluding carboxylic acids is 1. The van der Waals surface area contributed by atoms with E-state index in [1.165, 1.54) is 24.2 Å². The van der Waals surface area contributed by atoms with Crippen molar-refractivity contribution in [1.29, 1.82) is 0 Å². The molecule has 0 radical (unpaired) electrons. The molecule has 1 aliphatic rings. The standard InChI is InChI=1S/C16H18BrNO2S/c1-2-20-16(19)13-7-11(17)6-12-14(8-18-15(12)13)10-4-3-5-21-9-10/h6-8,10,18H,2-5,9H2,1H3. The average Bonchev–Trinajstić information content (AvgIpc) is 2.91. The Morgan fingerprint density at radius 2 is 2.38 bits per heavy atom. The van der Waals surface area contributed by atoms with Crippen LogP contribution in [0.2, 0.25) is 0 Å². The van der Waals surface area contributed by atoms with Crippen LogP contribution in [0.1, 0.15) is 41.6 Å². The number of aromatic nitrogens is 1. The summed E-state index contributed by atoms with van der Waals surface area (Å²) in [5.41, 5.74) is 2.82. The summed E-state index contributed by atoms with van der Waals surface area (Å²) >= 11 is 5.53. The van der Waals surface area contributed by atoms with Gasteiger partial charge in [0.2, 0.25) is 0 Å². The predicted molar refractivity (Wildman–Crippen MR) is 91.3 cm³/mol. The SMILES string of the molecule is CCOC(=O)c1cc(Br)cc2c(C3CCCSC3)c[nH]c12. The number of hydrogen-bond donors (Lipinski definition) is 1. The highest BCUT2D eigenvalue weighted by Gasteiger charge is 2.22. The molecule has 3 nitrogen and oxygen atoms in total. The molecule has 2 heterocycles. The van der Waals surface area contributed by atoms with Crippen LogP contribution in [0.15, 0.2) is 22.8 Å². The Morgan fingerprint density at radius 3 is 3.10 bits per heavy atom. The monoisotopic (exact) mass is 367 g/mol. The Balaban J connectivity index is 2.06. The number of halogens is 1. The summed E-state index contributed by atoms with van der Waals surface area (Å²) < 4.78 is 6.08. The number of rotatable bonds is 3. The highest BCUT2D eigenvalue weighted by Crippen LogP contribution is 2.37. The molecule has 1 aromatic carbocycles. The topological polar surface area (TPSA) is 42.1 Å². The Hall–Kier alpha value is -0.940. The lowest BCUT2D eigenvalue weighted by molar-refractivity contribution is 0.0528. The molecule has 0 saturated carbocycles. The molecule has 3 rings (SSSR count). The van der Waals surface area contributed by atoms with Gasteiger partial charge in [-0.25, -0.2) is 4.79 Å². The quantitative estimate of drug-likeness (QED) is 0.798. The zero-order chi connectivity index (χ0) is 14.8. The molecule has 2 aromatic rings. The molecule has 21 heavy (non-hydrogen) atoms. The maximum absolute atomic E-state index is 12.1. The van der Waals surface area contributed by atoms with Gasteiger partial charge in [0.05, 0.1) is 17.7 Å². The predicted octanol–water partition coefficient (Wildman–Crippen LogP) is 4.72. The van der Waals surface area contributed by atoms with Crippen LogP contribution in [0.3, 0.4) is 0 Å². The number of carbonyl (C=O) groups is 1. The van der Waals surface area contributed by atoms with Crippen molar-refractivity contribution in [3.8, 4) is 0 Å². The molecule has 0 bridgehead atoms. The molecule has 0 aliphatic carbocycles. The van der Waals surface area contributed by atoms with Crippen molar-refractivity contribution < 1.29 is 9.53 Å². The Morgan fingerprint density at radius 1 is 1.52 bits per heavy atom. The van der Waals surface area contributed by atoms with Crippen molar-refractivity contribution in [2.45, 2.75) is 25.7 Å². The van der Waals surface area contributed by atoms with Crippen molar-refractivity contribution in [1.82, 2.24) is 4.98 Å². The van der Waals surface area contributed by atoms with Gasteiger partial charge in [-0.05, 0) is 49.1 Å². The number of benzene rings is 1. The van der Waals surface area contributed by atoms with E-state index in [0.29, 0.717) is 18.1 Å². The lowest BCUT2D eigenvalue weighted by Gasteiger charge is -2.21. The van der Waals surface area contributed by atoms with Crippen LogP contribution in [0, 0.1) is 0 Å². The molecule has 0 spiro atoms. The fourth-order valence-corrected chi connectivity index (χ4v) is 4.54. The number of fused-ring (bicyclic) bond motifs is 1. The van der Waals surface area contributed by atoms with Gasteiger partial charge in [0.25, 0.3) is 0 Å². The second-order valence-electron chi connectivity index (χ2n) is 5.25. The average molecular weight is 368 g/mol. The number of nitrogens with one attached hydrogen (secondary N) is 1. The van der Waals surface area contributed by atoms with Gasteiger partial charge in [0, 0.05) is 21.8 Å². The van der Waals surface area contributed by atoms with E-state index in [-0.39, 0.29) is 5.97 Å². The summed E-state index contributed by atoms with van der Waals surface area (Å²) in [4.78, 5) is 15.4. The molecule has 1 aliphatic heterocycles. The van der Waals surface area contributed by atoms with Gasteiger partial charge in [-0.3, -0.25) is 0 Å². The summed E-state index contributed by atoms with van der Waals surface area (Å²) in [7, 11) is 0. The van der Waals surface area contributed by atoms with Crippen LogP contribution in [-0.2, 0) is 4.74 Å². The first-order valence-corrected chi connectivity index (χ1v) is 9.21. The van der Waals surface area contributed by atoms with E-state index in [1.54, 1.807) is 0 Å². The van der Waals surface area contributed by atoms with Crippen LogP contribution in [0.5, 0.6) is 0 Å². The van der Waals surface area contributed by atoms with Gasteiger partial charge in [-0.1, -0.05) is 15.9 Å². The van der Waals surface area contributed by atoms with E-state index >= 15 is 0 Å². The first kappa shape index (κ1) is 15.0. The molecule has 1 aromatic heterocycles. The number of hydrogen-bond acceptors (Lipinski definition) is 3. The van der Waals surface area contributed by atoms with Crippen molar-refractivity contribution in [2.24, 2.45) is 0 Å². The third kappa shape index (κ3) is 2.99.